The lowest BCUT2D eigenvalue weighted by Gasteiger charge is -2.11. The lowest BCUT2D eigenvalue weighted by molar-refractivity contribution is 0.285. The van der Waals surface area contributed by atoms with Crippen LogP contribution in [0.25, 0.3) is 0 Å². The second-order valence-corrected chi connectivity index (χ2v) is 3.74. The minimum atomic E-state index is -0.354. The second kappa shape index (κ2) is 5.16. The van der Waals surface area contributed by atoms with E-state index in [1.54, 1.807) is 12.1 Å². The first-order valence-electron chi connectivity index (χ1n) is 5.51. The highest BCUT2D eigenvalue weighted by molar-refractivity contribution is 5.45. The molecule has 88 valence electrons. The van der Waals surface area contributed by atoms with Crippen LogP contribution in [0.1, 0.15) is 18.4 Å². The largest absolute Gasteiger partial charge is 0.489 e. The molecule has 1 aromatic rings. The number of hydrogen-bond donors (Lipinski definition) is 1. The third kappa shape index (κ3) is 2.27. The van der Waals surface area contributed by atoms with Crippen LogP contribution in [0.5, 0.6) is 11.5 Å². The fraction of sp³-hybridized carbons (Fsp3) is 0.500. The normalized spacial score (nSPS) is 14.6. The molecule has 3 nitrogen and oxygen atoms in total. The lowest BCUT2D eigenvalue weighted by Crippen LogP contribution is -2.00. The number of rotatable bonds is 3. The highest BCUT2D eigenvalue weighted by atomic mass is 19.1. The molecule has 0 amide bonds. The zero-order valence-electron chi connectivity index (χ0n) is 9.04. The number of aryl methyl sites for hydroxylation is 1. The molecule has 0 saturated carbocycles. The topological polar surface area (TPSA) is 38.7 Å². The molecule has 0 unspecified atom stereocenters. The summed E-state index contributed by atoms with van der Waals surface area (Å²) in [7, 11) is 0. The van der Waals surface area contributed by atoms with Crippen LogP contribution in [0.15, 0.2) is 12.1 Å². The monoisotopic (exact) mass is 226 g/mol. The molecule has 0 fully saturated rings. The van der Waals surface area contributed by atoms with Crippen molar-refractivity contribution in [3.63, 3.8) is 0 Å². The summed E-state index contributed by atoms with van der Waals surface area (Å²) >= 11 is 0. The molecule has 0 bridgehead atoms. The smallest absolute Gasteiger partial charge is 0.197 e. The van der Waals surface area contributed by atoms with E-state index in [4.69, 9.17) is 14.6 Å². The number of ether oxygens (including phenoxy) is 2. The van der Waals surface area contributed by atoms with Crippen molar-refractivity contribution in [3.05, 3.63) is 23.5 Å². The Kier molecular flexibility index (Phi) is 3.62. The predicted molar refractivity (Wildman–Crippen MR) is 57.4 cm³/mol. The van der Waals surface area contributed by atoms with Gasteiger partial charge >= 0.3 is 0 Å². The van der Waals surface area contributed by atoms with Crippen molar-refractivity contribution in [2.24, 2.45) is 0 Å². The molecule has 1 aromatic carbocycles. The van der Waals surface area contributed by atoms with E-state index in [2.05, 4.69) is 0 Å². The molecule has 1 N–H and O–H groups in total. The summed E-state index contributed by atoms with van der Waals surface area (Å²) in [5.41, 5.74) is 0.568. The van der Waals surface area contributed by atoms with E-state index in [0.29, 0.717) is 37.4 Å². The number of hydrogen-bond acceptors (Lipinski definition) is 3. The number of halogens is 1. The third-order valence-corrected chi connectivity index (χ3v) is 2.54. The van der Waals surface area contributed by atoms with Gasteiger partial charge in [0.05, 0.1) is 13.2 Å². The highest BCUT2D eigenvalue weighted by Gasteiger charge is 2.17. The Balaban J connectivity index is 2.26. The van der Waals surface area contributed by atoms with Crippen molar-refractivity contribution in [1.82, 2.24) is 0 Å². The number of aliphatic hydroxyl groups is 1. The van der Waals surface area contributed by atoms with E-state index in [9.17, 15) is 4.39 Å². The first kappa shape index (κ1) is 11.2. The molecular weight excluding hydrogens is 211 g/mol. The summed E-state index contributed by atoms with van der Waals surface area (Å²) in [5, 5.41) is 8.72. The molecule has 0 radical (unpaired) electrons. The van der Waals surface area contributed by atoms with Gasteiger partial charge in [-0.15, -0.1) is 0 Å². The molecule has 0 atom stereocenters. The summed E-state index contributed by atoms with van der Waals surface area (Å²) in [5.74, 6) is 0.337. The van der Waals surface area contributed by atoms with Crippen LogP contribution < -0.4 is 9.47 Å². The quantitative estimate of drug-likeness (QED) is 0.855. The fourth-order valence-corrected chi connectivity index (χ4v) is 1.71. The molecule has 1 aliphatic rings. The first-order chi connectivity index (χ1) is 7.83. The van der Waals surface area contributed by atoms with Crippen LogP contribution in [-0.4, -0.2) is 24.9 Å². The van der Waals surface area contributed by atoms with Crippen molar-refractivity contribution in [1.29, 1.82) is 0 Å². The molecule has 2 rings (SSSR count). The van der Waals surface area contributed by atoms with Gasteiger partial charge in [0.15, 0.2) is 17.3 Å². The Morgan fingerprint density at radius 1 is 1.25 bits per heavy atom. The van der Waals surface area contributed by atoms with Crippen molar-refractivity contribution in [2.75, 3.05) is 19.8 Å². The molecule has 0 spiro atoms. The second-order valence-electron chi connectivity index (χ2n) is 3.74. The van der Waals surface area contributed by atoms with Gasteiger partial charge in [-0.05, 0) is 24.5 Å². The maximum absolute atomic E-state index is 14.0. The van der Waals surface area contributed by atoms with Crippen molar-refractivity contribution >= 4 is 0 Å². The Labute approximate surface area is 93.8 Å². The fourth-order valence-electron chi connectivity index (χ4n) is 1.71. The van der Waals surface area contributed by atoms with Gasteiger partial charge in [-0.3, -0.25) is 0 Å². The zero-order chi connectivity index (χ0) is 11.4. The van der Waals surface area contributed by atoms with Gasteiger partial charge < -0.3 is 14.6 Å². The summed E-state index contributed by atoms with van der Waals surface area (Å²) in [4.78, 5) is 0. The Morgan fingerprint density at radius 2 is 2.06 bits per heavy atom. The molecule has 16 heavy (non-hydrogen) atoms. The van der Waals surface area contributed by atoms with Crippen LogP contribution in [0.3, 0.4) is 0 Å². The maximum Gasteiger partial charge on any atom is 0.197 e. The summed E-state index contributed by atoms with van der Waals surface area (Å²) in [6.07, 6.45) is 1.83. The molecule has 1 heterocycles. The van der Waals surface area contributed by atoms with Gasteiger partial charge in [0.2, 0.25) is 0 Å². The van der Waals surface area contributed by atoms with Gasteiger partial charge in [0.1, 0.15) is 0 Å². The molecular formula is C12H15FO3. The summed E-state index contributed by atoms with van der Waals surface area (Å²) in [6.45, 7) is 1.10. The molecule has 4 heteroatoms. The van der Waals surface area contributed by atoms with Crippen molar-refractivity contribution < 1.29 is 19.0 Å². The average molecular weight is 226 g/mol. The Bertz CT molecular complexity index is 366. The van der Waals surface area contributed by atoms with E-state index in [-0.39, 0.29) is 18.2 Å². The van der Waals surface area contributed by atoms with Gasteiger partial charge in [-0.1, -0.05) is 6.07 Å². The SMILES string of the molecule is OCCCc1ccc2c(c1F)OCCCO2. The van der Waals surface area contributed by atoms with Gasteiger partial charge in [-0.25, -0.2) is 4.39 Å². The van der Waals surface area contributed by atoms with E-state index < -0.39 is 0 Å². The van der Waals surface area contributed by atoms with Gasteiger partial charge in [0, 0.05) is 13.0 Å². The first-order valence-corrected chi connectivity index (χ1v) is 5.51. The van der Waals surface area contributed by atoms with Crippen LogP contribution >= 0.6 is 0 Å². The summed E-state index contributed by atoms with van der Waals surface area (Å²) in [6, 6.07) is 3.43. The summed E-state index contributed by atoms with van der Waals surface area (Å²) < 4.78 is 24.7. The Hall–Kier alpha value is -1.29. The average Bonchev–Trinajstić information content (AvgIpc) is 2.54. The van der Waals surface area contributed by atoms with Crippen molar-refractivity contribution in [2.45, 2.75) is 19.3 Å². The van der Waals surface area contributed by atoms with Crippen LogP contribution in [0.4, 0.5) is 4.39 Å². The standard InChI is InChI=1S/C12H15FO3/c13-11-9(3-1-6-14)4-5-10-12(11)16-8-2-7-15-10/h4-5,14H,1-3,6-8H2. The minimum Gasteiger partial charge on any atom is -0.489 e. The van der Waals surface area contributed by atoms with Crippen LogP contribution in [0.2, 0.25) is 0 Å². The van der Waals surface area contributed by atoms with E-state index in [1.165, 1.54) is 0 Å². The van der Waals surface area contributed by atoms with E-state index >= 15 is 0 Å². The third-order valence-electron chi connectivity index (χ3n) is 2.54. The molecule has 1 aliphatic heterocycles. The molecule has 0 aliphatic carbocycles. The van der Waals surface area contributed by atoms with Crippen LogP contribution in [-0.2, 0) is 6.42 Å². The highest BCUT2D eigenvalue weighted by Crippen LogP contribution is 2.34. The minimum absolute atomic E-state index is 0.0634. The lowest BCUT2D eigenvalue weighted by atomic mass is 10.1. The molecule has 0 saturated heterocycles. The predicted octanol–water partition coefficient (Wildman–Crippen LogP) is 1.91. The zero-order valence-corrected chi connectivity index (χ0v) is 9.04. The van der Waals surface area contributed by atoms with Gasteiger partial charge in [-0.2, -0.15) is 0 Å². The van der Waals surface area contributed by atoms with E-state index in [0.717, 1.165) is 6.42 Å². The van der Waals surface area contributed by atoms with Crippen molar-refractivity contribution in [3.8, 4) is 11.5 Å². The number of fused-ring (bicyclic) bond motifs is 1. The molecule has 0 aromatic heterocycles. The number of aliphatic hydroxyl groups excluding tert-OH is 1. The van der Waals surface area contributed by atoms with Gasteiger partial charge in [0.25, 0.3) is 0 Å². The van der Waals surface area contributed by atoms with Crippen LogP contribution in [0, 0.1) is 5.82 Å². The van der Waals surface area contributed by atoms with E-state index in [1.807, 2.05) is 0 Å². The Morgan fingerprint density at radius 3 is 2.88 bits per heavy atom. The maximum atomic E-state index is 14.0. The number of benzene rings is 1.